The highest BCUT2D eigenvalue weighted by atomic mass is 16.3. The maximum absolute atomic E-state index is 10.5. The SMILES string of the molecule is CC(C)(C)C(C)(O)CCc1cccc(CCCN)c1. The van der Waals surface area contributed by atoms with Gasteiger partial charge in [0.2, 0.25) is 0 Å². The molecular weight excluding hydrogens is 234 g/mol. The number of aryl methyl sites for hydroxylation is 2. The molecule has 2 heteroatoms. The van der Waals surface area contributed by atoms with Crippen LogP contribution in [0.25, 0.3) is 0 Å². The molecule has 0 aliphatic heterocycles. The Kier molecular flexibility index (Phi) is 5.57. The minimum atomic E-state index is -0.639. The van der Waals surface area contributed by atoms with Gasteiger partial charge in [-0.3, -0.25) is 0 Å². The Hall–Kier alpha value is -0.860. The number of aliphatic hydroxyl groups is 1. The van der Waals surface area contributed by atoms with Gasteiger partial charge in [0.1, 0.15) is 0 Å². The van der Waals surface area contributed by atoms with E-state index >= 15 is 0 Å². The summed E-state index contributed by atoms with van der Waals surface area (Å²) in [4.78, 5) is 0. The molecule has 1 aromatic carbocycles. The molecule has 1 rings (SSSR count). The molecule has 1 unspecified atom stereocenters. The summed E-state index contributed by atoms with van der Waals surface area (Å²) in [6.45, 7) is 8.94. The first-order valence-electron chi connectivity index (χ1n) is 7.26. The molecule has 19 heavy (non-hydrogen) atoms. The highest BCUT2D eigenvalue weighted by Gasteiger charge is 2.34. The Morgan fingerprint density at radius 1 is 1.05 bits per heavy atom. The molecule has 0 saturated carbocycles. The molecule has 0 aliphatic carbocycles. The van der Waals surface area contributed by atoms with Crippen molar-refractivity contribution in [3.8, 4) is 0 Å². The van der Waals surface area contributed by atoms with Crippen molar-refractivity contribution >= 4 is 0 Å². The average molecular weight is 263 g/mol. The van der Waals surface area contributed by atoms with Gasteiger partial charge in [0.25, 0.3) is 0 Å². The van der Waals surface area contributed by atoms with E-state index in [0.717, 1.165) is 32.2 Å². The predicted octanol–water partition coefficient (Wildman–Crippen LogP) is 3.31. The fourth-order valence-corrected chi connectivity index (χ4v) is 2.01. The summed E-state index contributed by atoms with van der Waals surface area (Å²) in [7, 11) is 0. The van der Waals surface area contributed by atoms with Crippen LogP contribution in [0.4, 0.5) is 0 Å². The monoisotopic (exact) mass is 263 g/mol. The quantitative estimate of drug-likeness (QED) is 0.827. The molecule has 0 radical (unpaired) electrons. The van der Waals surface area contributed by atoms with Gasteiger partial charge in [0.05, 0.1) is 5.60 Å². The maximum Gasteiger partial charge on any atom is 0.0670 e. The van der Waals surface area contributed by atoms with Crippen molar-refractivity contribution in [3.63, 3.8) is 0 Å². The Bertz CT molecular complexity index is 390. The fraction of sp³-hybridized carbons (Fsp3) is 0.647. The molecule has 2 nitrogen and oxygen atoms in total. The van der Waals surface area contributed by atoms with E-state index in [4.69, 9.17) is 5.73 Å². The smallest absolute Gasteiger partial charge is 0.0670 e. The van der Waals surface area contributed by atoms with E-state index in [1.807, 2.05) is 6.92 Å². The summed E-state index contributed by atoms with van der Waals surface area (Å²) in [5.74, 6) is 0. The van der Waals surface area contributed by atoms with Crippen molar-refractivity contribution in [3.05, 3.63) is 35.4 Å². The van der Waals surface area contributed by atoms with Crippen molar-refractivity contribution in [2.75, 3.05) is 6.54 Å². The number of rotatable bonds is 6. The molecule has 0 aromatic heterocycles. The van der Waals surface area contributed by atoms with Crippen LogP contribution in [0.1, 0.15) is 51.7 Å². The Morgan fingerprint density at radius 3 is 2.16 bits per heavy atom. The summed E-state index contributed by atoms with van der Waals surface area (Å²) >= 11 is 0. The molecule has 0 saturated heterocycles. The van der Waals surface area contributed by atoms with Crippen LogP contribution in [0.5, 0.6) is 0 Å². The summed E-state index contributed by atoms with van der Waals surface area (Å²) < 4.78 is 0. The van der Waals surface area contributed by atoms with Gasteiger partial charge in [0, 0.05) is 0 Å². The highest BCUT2D eigenvalue weighted by Crippen LogP contribution is 2.33. The van der Waals surface area contributed by atoms with Gasteiger partial charge >= 0.3 is 0 Å². The van der Waals surface area contributed by atoms with Gasteiger partial charge in [-0.1, -0.05) is 45.0 Å². The van der Waals surface area contributed by atoms with E-state index in [0.29, 0.717) is 0 Å². The van der Waals surface area contributed by atoms with E-state index in [1.165, 1.54) is 11.1 Å². The van der Waals surface area contributed by atoms with Gasteiger partial charge in [0.15, 0.2) is 0 Å². The predicted molar refractivity (Wildman–Crippen MR) is 82.2 cm³/mol. The maximum atomic E-state index is 10.5. The molecular formula is C17H29NO. The van der Waals surface area contributed by atoms with Crippen LogP contribution in [0.2, 0.25) is 0 Å². The van der Waals surface area contributed by atoms with Crippen LogP contribution >= 0.6 is 0 Å². The third-order valence-electron chi connectivity index (χ3n) is 4.18. The van der Waals surface area contributed by atoms with E-state index < -0.39 is 5.60 Å². The lowest BCUT2D eigenvalue weighted by Crippen LogP contribution is -2.40. The van der Waals surface area contributed by atoms with E-state index in [1.54, 1.807) is 0 Å². The lowest BCUT2D eigenvalue weighted by Gasteiger charge is -2.37. The molecule has 0 bridgehead atoms. The number of hydrogen-bond donors (Lipinski definition) is 2. The number of benzene rings is 1. The fourth-order valence-electron chi connectivity index (χ4n) is 2.01. The molecule has 0 amide bonds. The lowest BCUT2D eigenvalue weighted by molar-refractivity contribution is -0.0476. The summed E-state index contributed by atoms with van der Waals surface area (Å²) in [5, 5.41) is 10.5. The van der Waals surface area contributed by atoms with Crippen molar-refractivity contribution in [1.82, 2.24) is 0 Å². The molecule has 0 fully saturated rings. The summed E-state index contributed by atoms with van der Waals surface area (Å²) in [5.41, 5.74) is 7.46. The Morgan fingerprint density at radius 2 is 1.63 bits per heavy atom. The molecule has 1 aromatic rings. The van der Waals surface area contributed by atoms with Crippen molar-refractivity contribution in [2.45, 2.75) is 59.0 Å². The van der Waals surface area contributed by atoms with E-state index in [9.17, 15) is 5.11 Å². The normalized spacial score (nSPS) is 15.3. The topological polar surface area (TPSA) is 46.2 Å². The van der Waals surface area contributed by atoms with Crippen molar-refractivity contribution < 1.29 is 5.11 Å². The number of nitrogens with two attached hydrogens (primary N) is 1. The first kappa shape index (κ1) is 16.2. The molecule has 0 heterocycles. The van der Waals surface area contributed by atoms with Gasteiger partial charge < -0.3 is 10.8 Å². The van der Waals surface area contributed by atoms with Crippen LogP contribution in [0.15, 0.2) is 24.3 Å². The van der Waals surface area contributed by atoms with Gasteiger partial charge in [-0.05, 0) is 55.7 Å². The zero-order chi connectivity index (χ0) is 14.5. The molecule has 0 spiro atoms. The Balaban J connectivity index is 2.63. The summed E-state index contributed by atoms with van der Waals surface area (Å²) in [6, 6.07) is 8.65. The van der Waals surface area contributed by atoms with Gasteiger partial charge in [-0.15, -0.1) is 0 Å². The number of hydrogen-bond acceptors (Lipinski definition) is 2. The molecule has 1 atom stereocenters. The second-order valence-electron chi connectivity index (χ2n) is 6.74. The Labute approximate surface area is 118 Å². The minimum Gasteiger partial charge on any atom is -0.390 e. The third kappa shape index (κ3) is 4.96. The van der Waals surface area contributed by atoms with Crippen molar-refractivity contribution in [1.29, 1.82) is 0 Å². The van der Waals surface area contributed by atoms with Gasteiger partial charge in [-0.2, -0.15) is 0 Å². The molecule has 0 aliphatic rings. The van der Waals surface area contributed by atoms with Crippen LogP contribution < -0.4 is 5.73 Å². The van der Waals surface area contributed by atoms with Crippen LogP contribution in [-0.4, -0.2) is 17.3 Å². The highest BCUT2D eigenvalue weighted by molar-refractivity contribution is 5.24. The zero-order valence-electron chi connectivity index (χ0n) is 12.9. The standard InChI is InChI=1S/C17H29NO/c1-16(2,3)17(4,19)11-10-15-8-5-7-14(13-15)9-6-12-18/h5,7-8,13,19H,6,9-12,18H2,1-4H3. The van der Waals surface area contributed by atoms with Crippen LogP contribution in [0.3, 0.4) is 0 Å². The average Bonchev–Trinajstić information content (AvgIpc) is 2.33. The first-order valence-corrected chi connectivity index (χ1v) is 7.26. The third-order valence-corrected chi connectivity index (χ3v) is 4.18. The van der Waals surface area contributed by atoms with Gasteiger partial charge in [-0.25, -0.2) is 0 Å². The van der Waals surface area contributed by atoms with Crippen molar-refractivity contribution in [2.24, 2.45) is 11.1 Å². The zero-order valence-corrected chi connectivity index (χ0v) is 12.9. The lowest BCUT2D eigenvalue weighted by atomic mass is 9.74. The second-order valence-corrected chi connectivity index (χ2v) is 6.74. The van der Waals surface area contributed by atoms with E-state index in [2.05, 4.69) is 45.0 Å². The second kappa shape index (κ2) is 6.53. The van der Waals surface area contributed by atoms with Crippen LogP contribution in [-0.2, 0) is 12.8 Å². The largest absolute Gasteiger partial charge is 0.390 e. The minimum absolute atomic E-state index is 0.0931. The molecule has 108 valence electrons. The summed E-state index contributed by atoms with van der Waals surface area (Å²) in [6.07, 6.45) is 3.78. The van der Waals surface area contributed by atoms with E-state index in [-0.39, 0.29) is 5.41 Å². The van der Waals surface area contributed by atoms with Crippen LogP contribution in [0, 0.1) is 5.41 Å². The first-order chi connectivity index (χ1) is 8.76. The molecule has 3 N–H and O–H groups in total.